The van der Waals surface area contributed by atoms with Gasteiger partial charge in [0.15, 0.2) is 0 Å². The standard InChI is InChI=1S/C24H29FNO3.BrH.H2O/c1-26(15-14-25)20-12-13-21(26)17-22(16-20)29-23(27)24(28,18-8-4-2-5-9-18)19-10-6-3-7-11-19;;/h2-11,20-22,28H,12-17H2,1H3;1H;1H2/q+1;;/p-1. The number of quaternary nitrogens is 1. The Kier molecular flexibility index (Phi) is 8.39. The van der Waals surface area contributed by atoms with Gasteiger partial charge in [0.25, 0.3) is 0 Å². The van der Waals surface area contributed by atoms with Crippen LogP contribution in [0.25, 0.3) is 0 Å². The molecule has 0 saturated carbocycles. The fourth-order valence-electron chi connectivity index (χ4n) is 5.33. The van der Waals surface area contributed by atoms with Crippen molar-refractivity contribution >= 4 is 5.97 Å². The highest BCUT2D eigenvalue weighted by Crippen LogP contribution is 2.43. The molecule has 2 heterocycles. The van der Waals surface area contributed by atoms with Crippen LogP contribution in [0.5, 0.6) is 0 Å². The first-order chi connectivity index (χ1) is 14.0. The lowest BCUT2D eigenvalue weighted by Gasteiger charge is -2.46. The van der Waals surface area contributed by atoms with Gasteiger partial charge < -0.3 is 36.8 Å². The Balaban J connectivity index is 0.00000171. The van der Waals surface area contributed by atoms with Gasteiger partial charge in [-0.15, -0.1) is 0 Å². The van der Waals surface area contributed by atoms with E-state index < -0.39 is 11.6 Å². The fraction of sp³-hybridized carbons (Fsp3) is 0.458. The smallest absolute Gasteiger partial charge is 0.347 e. The summed E-state index contributed by atoms with van der Waals surface area (Å²) in [5, 5.41) is 11.6. The number of carbonyl (C=O) groups excluding carboxylic acids is 1. The first kappa shape index (κ1) is 25.5. The summed E-state index contributed by atoms with van der Waals surface area (Å²) >= 11 is 0. The molecule has 0 amide bonds. The van der Waals surface area contributed by atoms with Crippen molar-refractivity contribution in [1.82, 2.24) is 0 Å². The van der Waals surface area contributed by atoms with Crippen LogP contribution in [0.2, 0.25) is 0 Å². The number of aliphatic hydroxyl groups is 1. The van der Waals surface area contributed by atoms with Gasteiger partial charge >= 0.3 is 5.97 Å². The van der Waals surface area contributed by atoms with E-state index in [1.165, 1.54) is 0 Å². The highest BCUT2D eigenvalue weighted by Gasteiger charge is 2.53. The average molecular weight is 496 g/mol. The van der Waals surface area contributed by atoms with Crippen LogP contribution in [0.1, 0.15) is 36.8 Å². The summed E-state index contributed by atoms with van der Waals surface area (Å²) in [7, 11) is 2.13. The third-order valence-electron chi connectivity index (χ3n) is 7.09. The van der Waals surface area contributed by atoms with Crippen LogP contribution in [0.15, 0.2) is 60.7 Å². The van der Waals surface area contributed by atoms with Gasteiger partial charge in [-0.2, -0.15) is 0 Å². The van der Waals surface area contributed by atoms with E-state index in [1.807, 2.05) is 12.1 Å². The van der Waals surface area contributed by atoms with E-state index in [0.717, 1.165) is 30.2 Å². The number of piperidine rings is 1. The zero-order valence-corrected chi connectivity index (χ0v) is 19.3. The lowest BCUT2D eigenvalue weighted by atomic mass is 9.86. The predicted molar refractivity (Wildman–Crippen MR) is 112 cm³/mol. The summed E-state index contributed by atoms with van der Waals surface area (Å²) in [4.78, 5) is 13.3. The molecule has 5 nitrogen and oxygen atoms in total. The lowest BCUT2D eigenvalue weighted by molar-refractivity contribution is -0.949. The number of halogens is 2. The normalized spacial score (nSPS) is 27.0. The van der Waals surface area contributed by atoms with Gasteiger partial charge in [-0.1, -0.05) is 60.7 Å². The van der Waals surface area contributed by atoms with Crippen LogP contribution in [0.4, 0.5) is 4.39 Å². The van der Waals surface area contributed by atoms with Crippen LogP contribution >= 0.6 is 0 Å². The fourth-order valence-corrected chi connectivity index (χ4v) is 5.33. The minimum Gasteiger partial charge on any atom is -1.00 e. The monoisotopic (exact) mass is 495 g/mol. The Morgan fingerprint density at radius 1 is 1.03 bits per heavy atom. The van der Waals surface area contributed by atoms with Crippen LogP contribution in [0.3, 0.4) is 0 Å². The van der Waals surface area contributed by atoms with E-state index in [4.69, 9.17) is 4.74 Å². The van der Waals surface area contributed by atoms with Gasteiger partial charge in [0.1, 0.15) is 19.3 Å². The highest BCUT2D eigenvalue weighted by atomic mass is 79.9. The largest absolute Gasteiger partial charge is 1.00 e. The molecule has 3 N–H and O–H groups in total. The molecule has 0 aromatic heterocycles. The van der Waals surface area contributed by atoms with Gasteiger partial charge in [0.2, 0.25) is 5.60 Å². The molecule has 0 spiro atoms. The minimum absolute atomic E-state index is 0. The summed E-state index contributed by atoms with van der Waals surface area (Å²) in [6.45, 7) is 0.198. The average Bonchev–Trinajstić information content (AvgIpc) is 2.91. The number of nitrogens with zero attached hydrogens (tertiary/aromatic N) is 1. The Labute approximate surface area is 193 Å². The van der Waals surface area contributed by atoms with E-state index in [0.29, 0.717) is 29.8 Å². The van der Waals surface area contributed by atoms with E-state index in [2.05, 4.69) is 7.05 Å². The summed E-state index contributed by atoms with van der Waals surface area (Å²) in [5.74, 6) is -0.638. The van der Waals surface area contributed by atoms with Crippen LogP contribution in [0, 0.1) is 0 Å². The molecule has 2 aromatic carbocycles. The number of ether oxygens (including phenoxy) is 1. The number of esters is 1. The molecule has 7 heteroatoms. The Hall–Kier alpha value is -1.80. The Morgan fingerprint density at radius 2 is 1.48 bits per heavy atom. The van der Waals surface area contributed by atoms with Crippen molar-refractivity contribution < 1.29 is 46.0 Å². The molecule has 2 saturated heterocycles. The molecule has 2 unspecified atom stereocenters. The highest BCUT2D eigenvalue weighted by molar-refractivity contribution is 5.85. The van der Waals surface area contributed by atoms with Crippen molar-refractivity contribution in [3.8, 4) is 0 Å². The molecular formula is C24H31BrFNO4. The molecule has 0 radical (unpaired) electrons. The number of carbonyl (C=O) groups is 1. The van der Waals surface area contributed by atoms with Gasteiger partial charge in [0.05, 0.1) is 19.1 Å². The molecule has 2 bridgehead atoms. The second kappa shape index (κ2) is 10.2. The molecule has 2 aliphatic rings. The number of alkyl halides is 1. The quantitative estimate of drug-likeness (QED) is 0.443. The maximum Gasteiger partial charge on any atom is 0.347 e. The molecular weight excluding hydrogens is 465 g/mol. The first-order valence-electron chi connectivity index (χ1n) is 10.4. The van der Waals surface area contributed by atoms with E-state index in [1.54, 1.807) is 48.5 Å². The SMILES string of the molecule is C[N+]1(CCF)C2CCC1CC(OC(=O)C(O)(c1ccccc1)c1ccccc1)C2.O.[Br-]. The van der Waals surface area contributed by atoms with Gasteiger partial charge in [-0.05, 0) is 11.1 Å². The maximum absolute atomic E-state index is 13.3. The minimum atomic E-state index is -1.85. The van der Waals surface area contributed by atoms with Crippen molar-refractivity contribution in [2.45, 2.75) is 49.5 Å². The summed E-state index contributed by atoms with van der Waals surface area (Å²) in [6.07, 6.45) is 3.27. The number of hydrogen-bond acceptors (Lipinski definition) is 3. The Bertz CT molecular complexity index is 798. The van der Waals surface area contributed by atoms with Crippen molar-refractivity contribution in [3.05, 3.63) is 71.8 Å². The summed E-state index contributed by atoms with van der Waals surface area (Å²) in [5.41, 5.74) is -0.864. The van der Waals surface area contributed by atoms with Gasteiger partial charge in [-0.3, -0.25) is 0 Å². The van der Waals surface area contributed by atoms with Crippen LogP contribution in [-0.2, 0) is 15.1 Å². The number of hydrogen-bond donors (Lipinski definition) is 1. The third kappa shape index (κ3) is 4.55. The molecule has 4 rings (SSSR count). The van der Waals surface area contributed by atoms with Crippen molar-refractivity contribution in [1.29, 1.82) is 0 Å². The molecule has 0 aliphatic carbocycles. The number of rotatable bonds is 6. The zero-order chi connectivity index (χ0) is 20.5. The molecule has 2 aliphatic heterocycles. The second-order valence-corrected chi connectivity index (χ2v) is 8.59. The Morgan fingerprint density at radius 3 is 1.90 bits per heavy atom. The summed E-state index contributed by atoms with van der Waals surface area (Å²) < 4.78 is 19.8. The topological polar surface area (TPSA) is 78.0 Å². The second-order valence-electron chi connectivity index (χ2n) is 8.59. The number of fused-ring (bicyclic) bond motifs is 2. The van der Waals surface area contributed by atoms with E-state index >= 15 is 0 Å². The molecule has 2 aromatic rings. The third-order valence-corrected chi connectivity index (χ3v) is 7.09. The van der Waals surface area contributed by atoms with Gasteiger partial charge in [-0.25, -0.2) is 9.18 Å². The molecule has 2 fully saturated rings. The van der Waals surface area contributed by atoms with Gasteiger partial charge in [0, 0.05) is 25.7 Å². The molecule has 31 heavy (non-hydrogen) atoms. The van der Waals surface area contributed by atoms with E-state index in [-0.39, 0.29) is 35.2 Å². The van der Waals surface area contributed by atoms with Crippen molar-refractivity contribution in [2.24, 2.45) is 0 Å². The van der Waals surface area contributed by atoms with Crippen LogP contribution < -0.4 is 17.0 Å². The predicted octanol–water partition coefficient (Wildman–Crippen LogP) is -0.245. The maximum atomic E-state index is 13.3. The van der Waals surface area contributed by atoms with Crippen molar-refractivity contribution in [3.63, 3.8) is 0 Å². The van der Waals surface area contributed by atoms with E-state index in [9.17, 15) is 14.3 Å². The molecule has 170 valence electrons. The lowest BCUT2D eigenvalue weighted by Crippen LogP contribution is -3.00. The summed E-state index contributed by atoms with van der Waals surface area (Å²) in [6, 6.07) is 18.5. The molecule has 2 atom stereocenters. The number of benzene rings is 2. The van der Waals surface area contributed by atoms with Crippen LogP contribution in [-0.4, -0.2) is 59.5 Å². The van der Waals surface area contributed by atoms with Crippen molar-refractivity contribution in [2.75, 3.05) is 20.3 Å². The first-order valence-corrected chi connectivity index (χ1v) is 10.4. The zero-order valence-electron chi connectivity index (χ0n) is 17.7.